The zero-order valence-corrected chi connectivity index (χ0v) is 20.9. The maximum absolute atomic E-state index is 13.5. The lowest BCUT2D eigenvalue weighted by Gasteiger charge is -2.16. The Morgan fingerprint density at radius 1 is 0.971 bits per heavy atom. The summed E-state index contributed by atoms with van der Waals surface area (Å²) >= 11 is 6.28. The molecule has 0 fully saturated rings. The van der Waals surface area contributed by atoms with Gasteiger partial charge in [-0.25, -0.2) is 4.68 Å². The quantitative estimate of drug-likeness (QED) is 0.358. The minimum atomic E-state index is -0.122. The Labute approximate surface area is 204 Å². The van der Waals surface area contributed by atoms with E-state index in [1.54, 1.807) is 4.68 Å². The molecule has 2 aromatic heterocycles. The monoisotopic (exact) mass is 476 g/mol. The van der Waals surface area contributed by atoms with E-state index in [1.165, 1.54) is 0 Å². The van der Waals surface area contributed by atoms with Gasteiger partial charge in [0.2, 0.25) is 0 Å². The zero-order chi connectivity index (χ0) is 24.6. The van der Waals surface area contributed by atoms with Gasteiger partial charge in [-0.15, -0.1) is 0 Å². The second-order valence-electron chi connectivity index (χ2n) is 8.72. The third kappa shape index (κ3) is 4.27. The number of aromatic nitrogens is 3. The van der Waals surface area contributed by atoms with Gasteiger partial charge in [-0.1, -0.05) is 48.0 Å². The minimum absolute atomic E-state index is 0.00544. The highest BCUT2D eigenvalue weighted by Crippen LogP contribution is 2.23. The van der Waals surface area contributed by atoms with Gasteiger partial charge in [-0.2, -0.15) is 0 Å². The summed E-state index contributed by atoms with van der Waals surface area (Å²) < 4.78 is 5.41. The molecule has 2 heterocycles. The first-order chi connectivity index (χ1) is 16.2. The van der Waals surface area contributed by atoms with Crippen molar-refractivity contribution in [3.63, 3.8) is 0 Å². The molecule has 34 heavy (non-hydrogen) atoms. The van der Waals surface area contributed by atoms with Gasteiger partial charge in [-0.3, -0.25) is 19.2 Å². The summed E-state index contributed by atoms with van der Waals surface area (Å²) in [4.78, 5) is 28.7. The molecule has 0 radical (unpaired) electrons. The molecule has 0 unspecified atom stereocenters. The number of benzene rings is 2. The third-order valence-electron chi connectivity index (χ3n) is 6.29. The zero-order valence-electron chi connectivity index (χ0n) is 20.2. The minimum Gasteiger partial charge on any atom is -0.311 e. The number of hydrogen-bond acceptors (Lipinski definition) is 3. The number of likely N-dealkylation sites (N-methyl/N-ethyl adjacent to an activating group) is 1. The van der Waals surface area contributed by atoms with E-state index < -0.39 is 0 Å². The van der Waals surface area contributed by atoms with Crippen molar-refractivity contribution in [2.24, 2.45) is 7.05 Å². The molecule has 0 N–H and O–H groups in total. The van der Waals surface area contributed by atoms with Crippen molar-refractivity contribution >= 4 is 17.4 Å². The Hall–Kier alpha value is -3.35. The Kier molecular flexibility index (Phi) is 6.64. The van der Waals surface area contributed by atoms with Crippen molar-refractivity contribution in [1.82, 2.24) is 18.8 Å². The summed E-state index contributed by atoms with van der Waals surface area (Å²) in [6.45, 7) is 6.57. The summed E-state index contributed by atoms with van der Waals surface area (Å²) in [6, 6.07) is 19.1. The molecule has 7 heteroatoms. The molecule has 0 amide bonds. The molecule has 0 saturated carbocycles. The molecule has 2 aromatic carbocycles. The molecule has 0 spiro atoms. The molecule has 176 valence electrons. The Bertz CT molecular complexity index is 1410. The fourth-order valence-electron chi connectivity index (χ4n) is 4.50. The van der Waals surface area contributed by atoms with Gasteiger partial charge < -0.3 is 4.57 Å². The van der Waals surface area contributed by atoms with E-state index in [1.807, 2.05) is 110 Å². The van der Waals surface area contributed by atoms with Crippen molar-refractivity contribution in [2.75, 3.05) is 13.6 Å². The summed E-state index contributed by atoms with van der Waals surface area (Å²) in [5, 5.41) is 0.689. The van der Waals surface area contributed by atoms with Crippen LogP contribution in [0.4, 0.5) is 0 Å². The predicted molar refractivity (Wildman–Crippen MR) is 137 cm³/mol. The van der Waals surface area contributed by atoms with E-state index in [2.05, 4.69) is 0 Å². The van der Waals surface area contributed by atoms with Crippen LogP contribution in [0.2, 0.25) is 5.02 Å². The molecule has 0 aliphatic rings. The van der Waals surface area contributed by atoms with Crippen LogP contribution >= 0.6 is 11.6 Å². The van der Waals surface area contributed by atoms with Crippen LogP contribution in [0.3, 0.4) is 0 Å². The number of halogens is 1. The fraction of sp³-hybridized carbons (Fsp3) is 0.259. The molecule has 6 nitrogen and oxygen atoms in total. The Morgan fingerprint density at radius 3 is 2.29 bits per heavy atom. The van der Waals surface area contributed by atoms with Gasteiger partial charge in [0.15, 0.2) is 5.78 Å². The maximum Gasteiger partial charge on any atom is 0.295 e. The van der Waals surface area contributed by atoms with Gasteiger partial charge in [0.05, 0.1) is 17.9 Å². The lowest BCUT2D eigenvalue weighted by atomic mass is 10.1. The Balaban J connectivity index is 1.67. The van der Waals surface area contributed by atoms with Crippen LogP contribution in [0.1, 0.15) is 33.0 Å². The standard InChI is InChI=1S/C27H29ClN4O2/c1-18-15-23(25(33)17-29(4)16-21-11-9-10-14-24(21)28)19(2)31(18)26-20(3)30(5)32(27(26)34)22-12-7-6-8-13-22/h6-15H,16-17H2,1-5H3. The summed E-state index contributed by atoms with van der Waals surface area (Å²) in [5.41, 5.74) is 5.27. The molecule has 0 saturated heterocycles. The maximum atomic E-state index is 13.5. The number of carbonyl (C=O) groups is 1. The summed E-state index contributed by atoms with van der Waals surface area (Å²) in [5.74, 6) is 0.00544. The molecule has 4 rings (SSSR count). The van der Waals surface area contributed by atoms with Crippen LogP contribution < -0.4 is 5.56 Å². The number of hydrogen-bond donors (Lipinski definition) is 0. The van der Waals surface area contributed by atoms with Crippen molar-refractivity contribution in [2.45, 2.75) is 27.3 Å². The largest absolute Gasteiger partial charge is 0.311 e. The lowest BCUT2D eigenvalue weighted by molar-refractivity contribution is 0.0942. The van der Waals surface area contributed by atoms with Gasteiger partial charge in [0.1, 0.15) is 5.69 Å². The SMILES string of the molecule is Cc1cc(C(=O)CN(C)Cc2ccccc2Cl)c(C)n1-c1c(C)n(C)n(-c2ccccc2)c1=O. The number of nitrogens with zero attached hydrogens (tertiary/aromatic N) is 4. The van der Waals surface area contributed by atoms with Gasteiger partial charge in [0.25, 0.3) is 5.56 Å². The fourth-order valence-corrected chi connectivity index (χ4v) is 4.70. The van der Waals surface area contributed by atoms with Crippen molar-refractivity contribution in [3.8, 4) is 11.4 Å². The lowest BCUT2D eigenvalue weighted by Crippen LogP contribution is -2.26. The van der Waals surface area contributed by atoms with E-state index in [0.717, 1.165) is 28.3 Å². The average Bonchev–Trinajstić information content (AvgIpc) is 3.21. The van der Waals surface area contributed by atoms with Crippen LogP contribution in [-0.2, 0) is 13.6 Å². The van der Waals surface area contributed by atoms with Crippen LogP contribution in [0.5, 0.6) is 0 Å². The third-order valence-corrected chi connectivity index (χ3v) is 6.66. The molecule has 4 aromatic rings. The summed E-state index contributed by atoms with van der Waals surface area (Å²) in [6.07, 6.45) is 0. The van der Waals surface area contributed by atoms with Crippen LogP contribution in [0.25, 0.3) is 11.4 Å². The number of carbonyl (C=O) groups excluding carboxylic acids is 1. The first-order valence-electron chi connectivity index (χ1n) is 11.2. The van der Waals surface area contributed by atoms with E-state index >= 15 is 0 Å². The molecule has 0 atom stereocenters. The highest BCUT2D eigenvalue weighted by Gasteiger charge is 2.24. The van der Waals surface area contributed by atoms with E-state index in [0.29, 0.717) is 22.8 Å². The smallest absolute Gasteiger partial charge is 0.295 e. The number of rotatable bonds is 7. The van der Waals surface area contributed by atoms with Gasteiger partial charge >= 0.3 is 0 Å². The van der Waals surface area contributed by atoms with Crippen molar-refractivity contribution in [1.29, 1.82) is 0 Å². The number of para-hydroxylation sites is 1. The van der Waals surface area contributed by atoms with Crippen molar-refractivity contribution < 1.29 is 4.79 Å². The normalized spacial score (nSPS) is 11.4. The van der Waals surface area contributed by atoms with Crippen LogP contribution in [0, 0.1) is 20.8 Å². The predicted octanol–water partition coefficient (Wildman–Crippen LogP) is 4.86. The van der Waals surface area contributed by atoms with Crippen LogP contribution in [0.15, 0.2) is 65.5 Å². The van der Waals surface area contributed by atoms with E-state index in [9.17, 15) is 9.59 Å². The molecule has 0 bridgehead atoms. The topological polar surface area (TPSA) is 52.2 Å². The van der Waals surface area contributed by atoms with Crippen LogP contribution in [-0.4, -0.2) is 38.2 Å². The number of Topliss-reactive ketones (excluding diaryl/α,β-unsaturated/α-hetero) is 1. The second-order valence-corrected chi connectivity index (χ2v) is 9.12. The first-order valence-corrected chi connectivity index (χ1v) is 11.6. The molecule has 0 aliphatic carbocycles. The van der Waals surface area contributed by atoms with E-state index in [4.69, 9.17) is 11.6 Å². The van der Waals surface area contributed by atoms with Gasteiger partial charge in [-0.05, 0) is 57.6 Å². The second kappa shape index (κ2) is 9.49. The van der Waals surface area contributed by atoms with E-state index in [-0.39, 0.29) is 17.9 Å². The summed E-state index contributed by atoms with van der Waals surface area (Å²) in [7, 11) is 3.78. The highest BCUT2D eigenvalue weighted by atomic mass is 35.5. The number of ketones is 1. The van der Waals surface area contributed by atoms with Crippen molar-refractivity contribution in [3.05, 3.63) is 104 Å². The molecular formula is C27H29ClN4O2. The molecular weight excluding hydrogens is 448 g/mol. The average molecular weight is 477 g/mol. The van der Waals surface area contributed by atoms with Gasteiger partial charge in [0, 0.05) is 35.6 Å². The number of aryl methyl sites for hydroxylation is 1. The highest BCUT2D eigenvalue weighted by molar-refractivity contribution is 6.31. The first kappa shape index (κ1) is 23.8. The molecule has 0 aliphatic heterocycles. The Morgan fingerprint density at radius 2 is 1.62 bits per heavy atom.